The summed E-state index contributed by atoms with van der Waals surface area (Å²) in [5, 5.41) is 8.88. The van der Waals surface area contributed by atoms with Gasteiger partial charge in [-0.05, 0) is 31.5 Å². The van der Waals surface area contributed by atoms with Gasteiger partial charge in [-0.25, -0.2) is 0 Å². The van der Waals surface area contributed by atoms with E-state index in [1.807, 2.05) is 6.92 Å². The van der Waals surface area contributed by atoms with Crippen LogP contribution in [0.1, 0.15) is 30.6 Å². The van der Waals surface area contributed by atoms with E-state index in [1.165, 1.54) is 29.2 Å². The third kappa shape index (κ3) is 5.02. The molecule has 0 radical (unpaired) electrons. The van der Waals surface area contributed by atoms with E-state index in [-0.39, 0.29) is 17.4 Å². The van der Waals surface area contributed by atoms with Gasteiger partial charge >= 0.3 is 12.6 Å². The first-order chi connectivity index (χ1) is 9.85. The first-order valence-corrected chi connectivity index (χ1v) is 6.42. The fraction of sp³-hybridized carbons (Fsp3) is 0.429. The number of carbonyl (C=O) groups excluding carboxylic acids is 1. The van der Waals surface area contributed by atoms with Gasteiger partial charge < -0.3 is 14.7 Å². The second-order valence-corrected chi connectivity index (χ2v) is 4.49. The second kappa shape index (κ2) is 7.56. The van der Waals surface area contributed by atoms with Gasteiger partial charge in [-0.3, -0.25) is 9.59 Å². The zero-order valence-electron chi connectivity index (χ0n) is 11.8. The number of nitrogens with zero attached hydrogens (tertiary/aromatic N) is 1. The first-order valence-electron chi connectivity index (χ1n) is 6.42. The van der Waals surface area contributed by atoms with Crippen LogP contribution in [0, 0.1) is 0 Å². The Labute approximate surface area is 121 Å². The predicted molar refractivity (Wildman–Crippen MR) is 71.5 cm³/mol. The van der Waals surface area contributed by atoms with E-state index in [2.05, 4.69) is 4.74 Å². The predicted octanol–water partition coefficient (Wildman–Crippen LogP) is 2.61. The normalized spacial score (nSPS) is 12.0. The molecule has 0 aliphatic rings. The topological polar surface area (TPSA) is 66.8 Å². The molecule has 0 bridgehead atoms. The fourth-order valence-corrected chi connectivity index (χ4v) is 1.77. The lowest BCUT2D eigenvalue weighted by atomic mass is 10.1. The average molecular weight is 301 g/mol. The molecule has 0 aliphatic carbocycles. The monoisotopic (exact) mass is 301 g/mol. The van der Waals surface area contributed by atoms with Gasteiger partial charge in [-0.1, -0.05) is 13.0 Å². The molecule has 5 nitrogen and oxygen atoms in total. The number of alkyl halides is 2. The third-order valence-corrected chi connectivity index (χ3v) is 3.00. The number of benzene rings is 1. The molecule has 0 aliphatic heterocycles. The molecule has 1 amide bonds. The highest BCUT2D eigenvalue weighted by Gasteiger charge is 2.23. The Balaban J connectivity index is 3.00. The standard InChI is InChI=1S/C14H17F2NO4/c1-3-9(2)17(8-12(18)19)13(20)10-5-4-6-11(7-10)21-14(15)16/h4-7,9,14H,3,8H2,1-2H3,(H,18,19). The van der Waals surface area contributed by atoms with Gasteiger partial charge in [-0.15, -0.1) is 0 Å². The molecule has 7 heteroatoms. The molecule has 1 atom stereocenters. The Bertz CT molecular complexity index is 508. The molecule has 1 aromatic rings. The van der Waals surface area contributed by atoms with Crippen LogP contribution in [0.2, 0.25) is 0 Å². The Hall–Kier alpha value is -2.18. The van der Waals surface area contributed by atoms with Crippen molar-refractivity contribution in [3.05, 3.63) is 29.8 Å². The lowest BCUT2D eigenvalue weighted by Crippen LogP contribution is -2.41. The number of carbonyl (C=O) groups is 2. The number of hydrogen-bond acceptors (Lipinski definition) is 3. The van der Waals surface area contributed by atoms with Crippen molar-refractivity contribution < 1.29 is 28.2 Å². The van der Waals surface area contributed by atoms with Gasteiger partial charge in [-0.2, -0.15) is 8.78 Å². The van der Waals surface area contributed by atoms with Crippen LogP contribution in [0.4, 0.5) is 8.78 Å². The lowest BCUT2D eigenvalue weighted by Gasteiger charge is -2.27. The molecular weight excluding hydrogens is 284 g/mol. The lowest BCUT2D eigenvalue weighted by molar-refractivity contribution is -0.138. The minimum absolute atomic E-state index is 0.106. The summed E-state index contributed by atoms with van der Waals surface area (Å²) in [6.07, 6.45) is 0.576. The van der Waals surface area contributed by atoms with Crippen LogP contribution < -0.4 is 4.74 Å². The Morgan fingerprint density at radius 2 is 2.05 bits per heavy atom. The van der Waals surface area contributed by atoms with Gasteiger partial charge in [0.05, 0.1) is 0 Å². The van der Waals surface area contributed by atoms with Crippen molar-refractivity contribution in [1.29, 1.82) is 0 Å². The van der Waals surface area contributed by atoms with Crippen LogP contribution in [0.25, 0.3) is 0 Å². The number of amides is 1. The minimum Gasteiger partial charge on any atom is -0.480 e. The molecule has 0 saturated carbocycles. The van der Waals surface area contributed by atoms with Gasteiger partial charge in [0.15, 0.2) is 0 Å². The van der Waals surface area contributed by atoms with E-state index in [1.54, 1.807) is 6.92 Å². The Kier molecular flexibility index (Phi) is 6.08. The number of halogens is 2. The molecule has 21 heavy (non-hydrogen) atoms. The van der Waals surface area contributed by atoms with Crippen molar-refractivity contribution in [2.45, 2.75) is 32.9 Å². The summed E-state index contributed by atoms with van der Waals surface area (Å²) in [6.45, 7) is 0.108. The SMILES string of the molecule is CCC(C)N(CC(=O)O)C(=O)c1cccc(OC(F)F)c1. The van der Waals surface area contributed by atoms with E-state index >= 15 is 0 Å². The highest BCUT2D eigenvalue weighted by Crippen LogP contribution is 2.18. The van der Waals surface area contributed by atoms with Crippen LogP contribution >= 0.6 is 0 Å². The first kappa shape index (κ1) is 16.9. The van der Waals surface area contributed by atoms with Gasteiger partial charge in [0.1, 0.15) is 12.3 Å². The number of ether oxygens (including phenoxy) is 1. The molecule has 1 aromatic carbocycles. The summed E-state index contributed by atoms with van der Waals surface area (Å²) in [4.78, 5) is 24.4. The molecule has 0 saturated heterocycles. The van der Waals surface area contributed by atoms with Gasteiger partial charge in [0.25, 0.3) is 5.91 Å². The van der Waals surface area contributed by atoms with Crippen LogP contribution in [-0.2, 0) is 4.79 Å². The minimum atomic E-state index is -2.99. The summed E-state index contributed by atoms with van der Waals surface area (Å²) >= 11 is 0. The van der Waals surface area contributed by atoms with Crippen molar-refractivity contribution in [3.8, 4) is 5.75 Å². The van der Waals surface area contributed by atoms with Crippen LogP contribution in [0.5, 0.6) is 5.75 Å². The summed E-state index contributed by atoms with van der Waals surface area (Å²) < 4.78 is 28.6. The zero-order valence-corrected chi connectivity index (χ0v) is 11.8. The maximum Gasteiger partial charge on any atom is 0.387 e. The van der Waals surface area contributed by atoms with E-state index < -0.39 is 25.0 Å². The van der Waals surface area contributed by atoms with E-state index in [0.717, 1.165) is 0 Å². The number of carboxylic acid groups (broad SMARTS) is 1. The molecule has 116 valence electrons. The number of aliphatic carboxylic acids is 1. The zero-order chi connectivity index (χ0) is 16.0. The summed E-state index contributed by atoms with van der Waals surface area (Å²) in [6, 6.07) is 5.02. The molecule has 1 rings (SSSR count). The number of carboxylic acids is 1. The van der Waals surface area contributed by atoms with Crippen LogP contribution in [0.3, 0.4) is 0 Å². The van der Waals surface area contributed by atoms with Gasteiger partial charge in [0, 0.05) is 11.6 Å². The molecule has 0 aromatic heterocycles. The maximum atomic E-state index is 12.3. The molecule has 0 spiro atoms. The number of hydrogen-bond donors (Lipinski definition) is 1. The van der Waals surface area contributed by atoms with Gasteiger partial charge in [0.2, 0.25) is 0 Å². The molecular formula is C14H17F2NO4. The largest absolute Gasteiger partial charge is 0.480 e. The fourth-order valence-electron chi connectivity index (χ4n) is 1.77. The molecule has 0 heterocycles. The highest BCUT2D eigenvalue weighted by atomic mass is 19.3. The average Bonchev–Trinajstić information content (AvgIpc) is 2.42. The van der Waals surface area contributed by atoms with Crippen molar-refractivity contribution in [3.63, 3.8) is 0 Å². The van der Waals surface area contributed by atoms with Crippen molar-refractivity contribution in [2.24, 2.45) is 0 Å². The Morgan fingerprint density at radius 3 is 2.57 bits per heavy atom. The summed E-state index contributed by atoms with van der Waals surface area (Å²) in [7, 11) is 0. The maximum absolute atomic E-state index is 12.3. The summed E-state index contributed by atoms with van der Waals surface area (Å²) in [5.41, 5.74) is 0.106. The van der Waals surface area contributed by atoms with Crippen molar-refractivity contribution in [1.82, 2.24) is 4.90 Å². The van der Waals surface area contributed by atoms with E-state index in [9.17, 15) is 18.4 Å². The molecule has 1 N–H and O–H groups in total. The van der Waals surface area contributed by atoms with Crippen molar-refractivity contribution in [2.75, 3.05) is 6.54 Å². The van der Waals surface area contributed by atoms with Crippen molar-refractivity contribution >= 4 is 11.9 Å². The van der Waals surface area contributed by atoms with E-state index in [0.29, 0.717) is 6.42 Å². The third-order valence-electron chi connectivity index (χ3n) is 3.00. The smallest absolute Gasteiger partial charge is 0.387 e. The summed E-state index contributed by atoms with van der Waals surface area (Å²) in [5.74, 6) is -1.81. The highest BCUT2D eigenvalue weighted by molar-refractivity contribution is 5.96. The Morgan fingerprint density at radius 1 is 1.38 bits per heavy atom. The second-order valence-electron chi connectivity index (χ2n) is 4.49. The van der Waals surface area contributed by atoms with E-state index in [4.69, 9.17) is 5.11 Å². The quantitative estimate of drug-likeness (QED) is 0.840. The van der Waals surface area contributed by atoms with Crippen LogP contribution in [-0.4, -0.2) is 41.1 Å². The molecule has 0 fully saturated rings. The number of rotatable bonds is 7. The molecule has 1 unspecified atom stereocenters. The van der Waals surface area contributed by atoms with Crippen LogP contribution in [0.15, 0.2) is 24.3 Å².